The minimum absolute atomic E-state index is 0.444. The van der Waals surface area contributed by atoms with E-state index in [9.17, 15) is 0 Å². The molecule has 0 aliphatic carbocycles. The molecule has 1 N–H and O–H groups in total. The molecule has 1 atom stereocenters. The lowest BCUT2D eigenvalue weighted by Crippen LogP contribution is -2.40. The second kappa shape index (κ2) is 5.85. The zero-order valence-corrected chi connectivity index (χ0v) is 11.9. The number of hydrogen-bond acceptors (Lipinski definition) is 2. The summed E-state index contributed by atoms with van der Waals surface area (Å²) in [6.07, 6.45) is 1.30. The molecule has 1 heterocycles. The second-order valence-corrected chi connectivity index (χ2v) is 6.22. The van der Waals surface area contributed by atoms with Gasteiger partial charge in [-0.15, -0.1) is 0 Å². The summed E-state index contributed by atoms with van der Waals surface area (Å²) in [5.74, 6) is 0. The van der Waals surface area contributed by atoms with Crippen molar-refractivity contribution in [2.45, 2.75) is 39.8 Å². The van der Waals surface area contributed by atoms with E-state index in [4.69, 9.17) is 0 Å². The molecule has 1 aromatic carbocycles. The molecule has 1 unspecified atom stereocenters. The van der Waals surface area contributed by atoms with Crippen LogP contribution in [0.1, 0.15) is 32.8 Å². The van der Waals surface area contributed by atoms with Crippen LogP contribution in [0.3, 0.4) is 0 Å². The molecule has 0 amide bonds. The first-order valence-electron chi connectivity index (χ1n) is 7.08. The summed E-state index contributed by atoms with van der Waals surface area (Å²) in [5, 5.41) is 3.49. The van der Waals surface area contributed by atoms with E-state index in [0.717, 1.165) is 13.1 Å². The molecule has 1 aliphatic heterocycles. The number of benzene rings is 1. The van der Waals surface area contributed by atoms with E-state index < -0.39 is 0 Å². The number of hydrogen-bond donors (Lipinski definition) is 1. The van der Waals surface area contributed by atoms with Crippen LogP contribution in [-0.4, -0.2) is 30.6 Å². The van der Waals surface area contributed by atoms with Crippen molar-refractivity contribution < 1.29 is 0 Å². The average molecular weight is 246 g/mol. The molecular formula is C16H26N2. The Bertz CT molecular complexity index is 353. The number of nitrogens with one attached hydrogen (secondary N) is 1. The molecule has 1 aliphatic rings. The van der Waals surface area contributed by atoms with Gasteiger partial charge in [0.15, 0.2) is 0 Å². The van der Waals surface area contributed by atoms with E-state index in [1.54, 1.807) is 0 Å². The third-order valence-corrected chi connectivity index (χ3v) is 4.00. The third kappa shape index (κ3) is 3.56. The van der Waals surface area contributed by atoms with Crippen LogP contribution in [0.25, 0.3) is 0 Å². The standard InChI is InChI=1S/C16H26N2/c1-14(2)18(11-15-7-5-4-6-8-15)13-16(3)9-10-17-12-16/h4-8,14,17H,9-13H2,1-3H3. The van der Waals surface area contributed by atoms with E-state index >= 15 is 0 Å². The van der Waals surface area contributed by atoms with Crippen molar-refractivity contribution in [3.8, 4) is 0 Å². The first kappa shape index (κ1) is 13.6. The highest BCUT2D eigenvalue weighted by molar-refractivity contribution is 5.14. The molecule has 2 heteroatoms. The molecule has 1 aromatic rings. The fourth-order valence-electron chi connectivity index (χ4n) is 2.73. The Morgan fingerprint density at radius 3 is 2.56 bits per heavy atom. The topological polar surface area (TPSA) is 15.3 Å². The Morgan fingerprint density at radius 1 is 1.28 bits per heavy atom. The fourth-order valence-corrected chi connectivity index (χ4v) is 2.73. The Labute approximate surface area is 111 Å². The highest BCUT2D eigenvalue weighted by Crippen LogP contribution is 2.27. The van der Waals surface area contributed by atoms with Crippen LogP contribution in [0.5, 0.6) is 0 Å². The van der Waals surface area contributed by atoms with Crippen molar-refractivity contribution in [2.24, 2.45) is 5.41 Å². The largest absolute Gasteiger partial charge is 0.316 e. The lowest BCUT2D eigenvalue weighted by Gasteiger charge is -2.34. The van der Waals surface area contributed by atoms with Crippen LogP contribution in [0.15, 0.2) is 30.3 Å². The van der Waals surface area contributed by atoms with Gasteiger partial charge in [-0.25, -0.2) is 0 Å². The number of nitrogens with zero attached hydrogens (tertiary/aromatic N) is 1. The molecule has 18 heavy (non-hydrogen) atoms. The van der Waals surface area contributed by atoms with E-state index in [-0.39, 0.29) is 0 Å². The van der Waals surface area contributed by atoms with Gasteiger partial charge in [0, 0.05) is 25.7 Å². The summed E-state index contributed by atoms with van der Waals surface area (Å²) in [4.78, 5) is 2.60. The molecule has 1 saturated heterocycles. The Balaban J connectivity index is 2.00. The molecule has 0 aromatic heterocycles. The fraction of sp³-hybridized carbons (Fsp3) is 0.625. The maximum atomic E-state index is 3.49. The van der Waals surface area contributed by atoms with Gasteiger partial charge in [0.25, 0.3) is 0 Å². The normalized spacial score (nSPS) is 24.1. The average Bonchev–Trinajstić information content (AvgIpc) is 2.76. The Hall–Kier alpha value is -0.860. The van der Waals surface area contributed by atoms with Gasteiger partial charge in [0.1, 0.15) is 0 Å². The molecule has 0 bridgehead atoms. The van der Waals surface area contributed by atoms with Crippen LogP contribution in [-0.2, 0) is 6.54 Å². The van der Waals surface area contributed by atoms with Crippen molar-refractivity contribution in [1.29, 1.82) is 0 Å². The van der Waals surface area contributed by atoms with E-state index in [0.29, 0.717) is 11.5 Å². The van der Waals surface area contributed by atoms with E-state index in [1.807, 2.05) is 0 Å². The first-order valence-corrected chi connectivity index (χ1v) is 7.08. The van der Waals surface area contributed by atoms with E-state index in [2.05, 4.69) is 61.3 Å². The van der Waals surface area contributed by atoms with Crippen LogP contribution in [0, 0.1) is 5.41 Å². The summed E-state index contributed by atoms with van der Waals surface area (Å²) in [5.41, 5.74) is 1.86. The van der Waals surface area contributed by atoms with Gasteiger partial charge in [0.05, 0.1) is 0 Å². The molecule has 2 nitrogen and oxygen atoms in total. The van der Waals surface area contributed by atoms with Crippen molar-refractivity contribution >= 4 is 0 Å². The summed E-state index contributed by atoms with van der Waals surface area (Å²) < 4.78 is 0. The SMILES string of the molecule is CC(C)N(Cc1ccccc1)CC1(C)CCNC1. The van der Waals surface area contributed by atoms with Gasteiger partial charge in [-0.05, 0) is 37.8 Å². The van der Waals surface area contributed by atoms with Crippen LogP contribution < -0.4 is 5.32 Å². The van der Waals surface area contributed by atoms with Gasteiger partial charge in [-0.3, -0.25) is 4.90 Å². The molecule has 0 spiro atoms. The predicted octanol–water partition coefficient (Wildman–Crippen LogP) is 2.90. The van der Waals surface area contributed by atoms with Crippen molar-refractivity contribution in [2.75, 3.05) is 19.6 Å². The highest BCUT2D eigenvalue weighted by Gasteiger charge is 2.31. The maximum Gasteiger partial charge on any atom is 0.0236 e. The van der Waals surface area contributed by atoms with E-state index in [1.165, 1.54) is 25.1 Å². The minimum atomic E-state index is 0.444. The summed E-state index contributed by atoms with van der Waals surface area (Å²) in [6, 6.07) is 11.4. The van der Waals surface area contributed by atoms with Crippen LogP contribution in [0.2, 0.25) is 0 Å². The monoisotopic (exact) mass is 246 g/mol. The van der Waals surface area contributed by atoms with Crippen molar-refractivity contribution in [3.05, 3.63) is 35.9 Å². The van der Waals surface area contributed by atoms with Crippen molar-refractivity contribution in [1.82, 2.24) is 10.2 Å². The van der Waals surface area contributed by atoms with Gasteiger partial charge >= 0.3 is 0 Å². The molecule has 0 radical (unpaired) electrons. The Morgan fingerprint density at radius 2 is 2.00 bits per heavy atom. The smallest absolute Gasteiger partial charge is 0.0236 e. The summed E-state index contributed by atoms with van der Waals surface area (Å²) in [7, 11) is 0. The van der Waals surface area contributed by atoms with Gasteiger partial charge in [-0.1, -0.05) is 37.3 Å². The third-order valence-electron chi connectivity index (χ3n) is 4.00. The van der Waals surface area contributed by atoms with Crippen LogP contribution in [0.4, 0.5) is 0 Å². The first-order chi connectivity index (χ1) is 8.59. The van der Waals surface area contributed by atoms with Gasteiger partial charge in [0.2, 0.25) is 0 Å². The van der Waals surface area contributed by atoms with Gasteiger partial charge < -0.3 is 5.32 Å². The Kier molecular flexibility index (Phi) is 4.41. The molecule has 2 rings (SSSR count). The predicted molar refractivity (Wildman–Crippen MR) is 77.6 cm³/mol. The molecule has 1 fully saturated rings. The zero-order chi connectivity index (χ0) is 13.0. The quantitative estimate of drug-likeness (QED) is 0.859. The lowest BCUT2D eigenvalue weighted by atomic mass is 9.88. The molecule has 0 saturated carbocycles. The van der Waals surface area contributed by atoms with Crippen molar-refractivity contribution in [3.63, 3.8) is 0 Å². The van der Waals surface area contributed by atoms with Gasteiger partial charge in [-0.2, -0.15) is 0 Å². The highest BCUT2D eigenvalue weighted by atomic mass is 15.2. The molecule has 100 valence electrons. The number of rotatable bonds is 5. The lowest BCUT2D eigenvalue weighted by molar-refractivity contribution is 0.137. The molecular weight excluding hydrogens is 220 g/mol. The minimum Gasteiger partial charge on any atom is -0.316 e. The zero-order valence-electron chi connectivity index (χ0n) is 11.9. The van der Waals surface area contributed by atoms with Crippen LogP contribution >= 0.6 is 0 Å². The second-order valence-electron chi connectivity index (χ2n) is 6.22. The summed E-state index contributed by atoms with van der Waals surface area (Å²) >= 11 is 0. The maximum absolute atomic E-state index is 3.49. The summed E-state index contributed by atoms with van der Waals surface area (Å²) in [6.45, 7) is 11.6.